The number of benzene rings is 1. The molecular formula is C23H32N2O2S2. The molecule has 6 heteroatoms. The predicted molar refractivity (Wildman–Crippen MR) is 123 cm³/mol. The van der Waals surface area contributed by atoms with E-state index in [0.29, 0.717) is 18.5 Å². The minimum absolute atomic E-state index is 0.0310. The van der Waals surface area contributed by atoms with Crippen molar-refractivity contribution in [3.8, 4) is 0 Å². The van der Waals surface area contributed by atoms with Crippen LogP contribution in [0.25, 0.3) is 0 Å². The summed E-state index contributed by atoms with van der Waals surface area (Å²) in [5.74, 6) is 1.51. The third-order valence-electron chi connectivity index (χ3n) is 5.66. The molecule has 1 aromatic heterocycles. The Balaban J connectivity index is 1.64. The van der Waals surface area contributed by atoms with E-state index in [-0.39, 0.29) is 5.91 Å². The van der Waals surface area contributed by atoms with Crippen LogP contribution in [0.3, 0.4) is 0 Å². The van der Waals surface area contributed by atoms with Crippen molar-refractivity contribution in [3.63, 3.8) is 0 Å². The Kier molecular flexibility index (Phi) is 9.05. The minimum atomic E-state index is 0.0310. The van der Waals surface area contributed by atoms with E-state index in [4.69, 9.17) is 4.74 Å². The van der Waals surface area contributed by atoms with Gasteiger partial charge in [-0.3, -0.25) is 9.69 Å². The summed E-state index contributed by atoms with van der Waals surface area (Å²) in [5, 5.41) is 5.34. The number of carbonyl (C=O) groups is 1. The van der Waals surface area contributed by atoms with E-state index < -0.39 is 0 Å². The average molecular weight is 433 g/mol. The summed E-state index contributed by atoms with van der Waals surface area (Å²) in [5.41, 5.74) is 0.777. The normalized spacial score (nSPS) is 16.1. The molecule has 1 atom stereocenters. The number of hydrogen-bond acceptors (Lipinski definition) is 5. The van der Waals surface area contributed by atoms with Gasteiger partial charge >= 0.3 is 0 Å². The molecule has 1 aliphatic heterocycles. The second-order valence-corrected chi connectivity index (χ2v) is 9.42. The highest BCUT2D eigenvalue weighted by Gasteiger charge is 2.27. The number of nitrogens with zero attached hydrogens (tertiary/aromatic N) is 1. The highest BCUT2D eigenvalue weighted by Crippen LogP contribution is 2.28. The molecule has 0 aliphatic carbocycles. The maximum atomic E-state index is 13.0. The van der Waals surface area contributed by atoms with Gasteiger partial charge in [-0.2, -0.15) is 0 Å². The summed E-state index contributed by atoms with van der Waals surface area (Å²) >= 11 is 3.49. The molecule has 3 rings (SSSR count). The third kappa shape index (κ3) is 6.32. The molecule has 1 amide bonds. The molecule has 0 radical (unpaired) electrons. The lowest BCUT2D eigenvalue weighted by atomic mass is 9.92. The molecule has 1 saturated heterocycles. The molecular weight excluding hydrogens is 400 g/mol. The summed E-state index contributed by atoms with van der Waals surface area (Å²) in [6.45, 7) is 8.66. The molecule has 0 spiro atoms. The lowest BCUT2D eigenvalue weighted by molar-refractivity contribution is 0.00190. The van der Waals surface area contributed by atoms with Gasteiger partial charge in [0.05, 0.1) is 18.8 Å². The van der Waals surface area contributed by atoms with Gasteiger partial charge in [0.1, 0.15) is 0 Å². The van der Waals surface area contributed by atoms with Crippen LogP contribution in [0.15, 0.2) is 46.7 Å². The first-order chi connectivity index (χ1) is 14.2. The van der Waals surface area contributed by atoms with Crippen LogP contribution in [0.5, 0.6) is 0 Å². The molecule has 0 saturated carbocycles. The molecule has 2 heterocycles. The van der Waals surface area contributed by atoms with Gasteiger partial charge in [-0.15, -0.1) is 23.1 Å². The van der Waals surface area contributed by atoms with Crippen LogP contribution in [0, 0.1) is 5.92 Å². The lowest BCUT2D eigenvalue weighted by Crippen LogP contribution is -2.52. The number of ether oxygens (including phenoxy) is 1. The van der Waals surface area contributed by atoms with Crippen LogP contribution < -0.4 is 5.32 Å². The van der Waals surface area contributed by atoms with Gasteiger partial charge < -0.3 is 10.1 Å². The molecule has 4 nitrogen and oxygen atoms in total. The summed E-state index contributed by atoms with van der Waals surface area (Å²) in [6, 6.07) is 12.5. The maximum Gasteiger partial charge on any atom is 0.252 e. The van der Waals surface area contributed by atoms with Crippen LogP contribution >= 0.6 is 23.1 Å². The zero-order chi connectivity index (χ0) is 20.5. The largest absolute Gasteiger partial charge is 0.379 e. The molecule has 0 bridgehead atoms. The van der Waals surface area contributed by atoms with Crippen molar-refractivity contribution in [2.75, 3.05) is 32.8 Å². The van der Waals surface area contributed by atoms with Crippen LogP contribution in [0.2, 0.25) is 0 Å². The molecule has 1 aromatic carbocycles. The number of hydrogen-bond donors (Lipinski definition) is 1. The number of thiophene rings is 1. The molecule has 1 fully saturated rings. The topological polar surface area (TPSA) is 41.6 Å². The van der Waals surface area contributed by atoms with Crippen molar-refractivity contribution in [2.45, 2.75) is 43.4 Å². The molecule has 2 aromatic rings. The third-order valence-corrected chi connectivity index (χ3v) is 7.84. The Morgan fingerprint density at radius 1 is 1.17 bits per heavy atom. The fourth-order valence-electron chi connectivity index (χ4n) is 3.95. The highest BCUT2D eigenvalue weighted by atomic mass is 32.2. The van der Waals surface area contributed by atoms with Crippen molar-refractivity contribution >= 4 is 29.0 Å². The van der Waals surface area contributed by atoms with Crippen LogP contribution in [0.1, 0.15) is 41.9 Å². The number of rotatable bonds is 10. The summed E-state index contributed by atoms with van der Waals surface area (Å²) in [4.78, 5) is 17.9. The van der Waals surface area contributed by atoms with Gasteiger partial charge in [0.2, 0.25) is 0 Å². The Bertz CT molecular complexity index is 741. The maximum absolute atomic E-state index is 13.0. The SMILES string of the molecule is CCC(CC)C(CNC(=O)c1ccccc1SCc1cccs1)N1CCOCC1. The standard InChI is InChI=1S/C23H32N2O2S2/c1-3-18(4-2)21(25-11-13-27-14-12-25)16-24-23(26)20-9-5-6-10-22(20)29-17-19-8-7-15-28-19/h5-10,15,18,21H,3-4,11-14,16-17H2,1-2H3,(H,24,26). The van der Waals surface area contributed by atoms with Crippen molar-refractivity contribution in [3.05, 3.63) is 52.2 Å². The van der Waals surface area contributed by atoms with Gasteiger partial charge in [0.15, 0.2) is 0 Å². The predicted octanol–water partition coefficient (Wildman–Crippen LogP) is 4.91. The highest BCUT2D eigenvalue weighted by molar-refractivity contribution is 7.98. The first-order valence-corrected chi connectivity index (χ1v) is 12.4. The van der Waals surface area contributed by atoms with Crippen LogP contribution in [0.4, 0.5) is 0 Å². The van der Waals surface area contributed by atoms with E-state index in [1.165, 1.54) is 4.88 Å². The monoisotopic (exact) mass is 432 g/mol. The number of carbonyl (C=O) groups excluding carboxylic acids is 1. The Morgan fingerprint density at radius 2 is 1.93 bits per heavy atom. The number of thioether (sulfide) groups is 1. The van der Waals surface area contributed by atoms with E-state index in [9.17, 15) is 4.79 Å². The minimum Gasteiger partial charge on any atom is -0.379 e. The molecule has 1 aliphatic rings. The second kappa shape index (κ2) is 11.7. The molecule has 158 valence electrons. The van der Waals surface area contributed by atoms with E-state index >= 15 is 0 Å². The van der Waals surface area contributed by atoms with Crippen molar-refractivity contribution in [1.29, 1.82) is 0 Å². The van der Waals surface area contributed by atoms with E-state index in [0.717, 1.165) is 55.4 Å². The quantitative estimate of drug-likeness (QED) is 0.542. The fourth-order valence-corrected chi connectivity index (χ4v) is 5.78. The van der Waals surface area contributed by atoms with E-state index in [1.54, 1.807) is 23.1 Å². The zero-order valence-electron chi connectivity index (χ0n) is 17.4. The molecule has 29 heavy (non-hydrogen) atoms. The van der Waals surface area contributed by atoms with Gasteiger partial charge in [-0.25, -0.2) is 0 Å². The first-order valence-electron chi connectivity index (χ1n) is 10.6. The Labute approximate surface area is 183 Å². The first kappa shape index (κ1) is 22.3. The van der Waals surface area contributed by atoms with Crippen LogP contribution in [-0.4, -0.2) is 49.7 Å². The number of morpholine rings is 1. The van der Waals surface area contributed by atoms with Gasteiger partial charge in [0.25, 0.3) is 5.91 Å². The summed E-state index contributed by atoms with van der Waals surface area (Å²) in [6.07, 6.45) is 2.25. The number of nitrogens with one attached hydrogen (secondary N) is 1. The van der Waals surface area contributed by atoms with E-state index in [1.807, 2.05) is 24.3 Å². The summed E-state index contributed by atoms with van der Waals surface area (Å²) < 4.78 is 5.53. The van der Waals surface area contributed by atoms with Crippen molar-refractivity contribution in [1.82, 2.24) is 10.2 Å². The van der Waals surface area contributed by atoms with E-state index in [2.05, 4.69) is 41.6 Å². The van der Waals surface area contributed by atoms with Crippen molar-refractivity contribution in [2.24, 2.45) is 5.92 Å². The molecule has 1 unspecified atom stereocenters. The Morgan fingerprint density at radius 3 is 2.62 bits per heavy atom. The van der Waals surface area contributed by atoms with Gasteiger partial charge in [0, 0.05) is 41.2 Å². The van der Waals surface area contributed by atoms with Crippen molar-refractivity contribution < 1.29 is 9.53 Å². The lowest BCUT2D eigenvalue weighted by Gasteiger charge is -2.38. The molecule has 1 N–H and O–H groups in total. The van der Waals surface area contributed by atoms with Gasteiger partial charge in [-0.1, -0.05) is 44.9 Å². The second-order valence-electron chi connectivity index (χ2n) is 7.37. The average Bonchev–Trinajstić information content (AvgIpc) is 3.29. The number of amides is 1. The smallest absolute Gasteiger partial charge is 0.252 e. The summed E-state index contributed by atoms with van der Waals surface area (Å²) in [7, 11) is 0. The zero-order valence-corrected chi connectivity index (χ0v) is 19.1. The Hall–Kier alpha value is -1.34. The van der Waals surface area contributed by atoms with Crippen LogP contribution in [-0.2, 0) is 10.5 Å². The fraction of sp³-hybridized carbons (Fsp3) is 0.522. The van der Waals surface area contributed by atoms with Gasteiger partial charge in [-0.05, 0) is 29.5 Å².